The predicted octanol–water partition coefficient (Wildman–Crippen LogP) is 2.07. The van der Waals surface area contributed by atoms with E-state index < -0.39 is 29.9 Å². The maximum Gasteiger partial charge on any atom is 0.249 e. The van der Waals surface area contributed by atoms with Crippen LogP contribution in [0.5, 0.6) is 5.75 Å². The lowest BCUT2D eigenvalue weighted by atomic mass is 10.0. The van der Waals surface area contributed by atoms with E-state index in [2.05, 4.69) is 15.3 Å². The van der Waals surface area contributed by atoms with Gasteiger partial charge in [0.05, 0.1) is 18.8 Å². The zero-order valence-electron chi connectivity index (χ0n) is 14.1. The predicted molar refractivity (Wildman–Crippen MR) is 87.4 cm³/mol. The number of benzene rings is 1. The monoisotopic (exact) mass is 370 g/mol. The zero-order chi connectivity index (χ0) is 19.1. The summed E-state index contributed by atoms with van der Waals surface area (Å²) in [5, 5.41) is 16.5. The van der Waals surface area contributed by atoms with Gasteiger partial charge < -0.3 is 19.9 Å². The van der Waals surface area contributed by atoms with Crippen LogP contribution >= 0.6 is 0 Å². The van der Waals surface area contributed by atoms with Crippen molar-refractivity contribution in [2.45, 2.75) is 43.6 Å². The number of nitrogens with zero attached hydrogens (tertiary/aromatic N) is 3. The quantitative estimate of drug-likeness (QED) is 0.372. The second-order valence-corrected chi connectivity index (χ2v) is 6.00. The van der Waals surface area contributed by atoms with E-state index in [1.807, 2.05) is 0 Å². The first-order valence-corrected chi connectivity index (χ1v) is 8.07. The van der Waals surface area contributed by atoms with Crippen molar-refractivity contribution < 1.29 is 28.2 Å². The molecule has 1 amide bonds. The molecule has 3 atom stereocenters. The Kier molecular flexibility index (Phi) is 7.14. The van der Waals surface area contributed by atoms with Gasteiger partial charge >= 0.3 is 0 Å². The minimum atomic E-state index is -1.25. The molecular weight excluding hydrogens is 350 g/mol. The number of methoxy groups -OCH3 is 1. The van der Waals surface area contributed by atoms with Crippen LogP contribution in [-0.2, 0) is 9.53 Å². The van der Waals surface area contributed by atoms with Crippen molar-refractivity contribution in [3.63, 3.8) is 0 Å². The van der Waals surface area contributed by atoms with Crippen molar-refractivity contribution in [3.8, 4) is 5.75 Å². The molecule has 0 spiro atoms. The molecule has 1 aromatic carbocycles. The van der Waals surface area contributed by atoms with Gasteiger partial charge in [-0.1, -0.05) is 5.11 Å². The van der Waals surface area contributed by atoms with Gasteiger partial charge in [-0.3, -0.25) is 4.79 Å². The first-order chi connectivity index (χ1) is 12.4. The summed E-state index contributed by atoms with van der Waals surface area (Å²) >= 11 is 0. The van der Waals surface area contributed by atoms with E-state index >= 15 is 0 Å². The van der Waals surface area contributed by atoms with Crippen LogP contribution in [0, 0.1) is 11.6 Å². The average Bonchev–Trinajstić information content (AvgIpc) is 3.39. The Morgan fingerprint density at radius 2 is 2.08 bits per heavy atom. The van der Waals surface area contributed by atoms with Crippen molar-refractivity contribution in [1.29, 1.82) is 0 Å². The number of azide groups is 1. The molecule has 8 nitrogen and oxygen atoms in total. The normalized spacial score (nSPS) is 16.9. The number of amides is 1. The van der Waals surface area contributed by atoms with E-state index in [0.29, 0.717) is 6.07 Å². The van der Waals surface area contributed by atoms with Crippen LogP contribution in [0.15, 0.2) is 23.3 Å². The van der Waals surface area contributed by atoms with Crippen LogP contribution in [0.1, 0.15) is 19.3 Å². The molecule has 26 heavy (non-hydrogen) atoms. The average molecular weight is 370 g/mol. The molecule has 1 saturated carbocycles. The Labute approximate surface area is 148 Å². The number of aliphatic hydroxyl groups is 1. The zero-order valence-corrected chi connectivity index (χ0v) is 14.1. The molecule has 0 saturated heterocycles. The summed E-state index contributed by atoms with van der Waals surface area (Å²) in [4.78, 5) is 14.7. The van der Waals surface area contributed by atoms with Crippen LogP contribution < -0.4 is 10.1 Å². The summed E-state index contributed by atoms with van der Waals surface area (Å²) in [5.74, 6) is -2.11. The van der Waals surface area contributed by atoms with E-state index in [9.17, 15) is 18.7 Å². The number of aliphatic hydroxyl groups excluding tert-OH is 1. The molecule has 1 aliphatic rings. The standard InChI is InChI=1S/C16H20F2N4O4/c1-25-15(16(24)20-11-2-3-11)7-14(23)13(21-22-19)8-26-12-5-9(17)4-10(18)6-12/h4-6,11,13-15,23H,2-3,7-8H2,1H3,(H,20,24)/t13-,14-,15+/m0/s1. The lowest BCUT2D eigenvalue weighted by molar-refractivity contribution is -0.133. The highest BCUT2D eigenvalue weighted by Crippen LogP contribution is 2.20. The number of halogens is 2. The molecule has 142 valence electrons. The smallest absolute Gasteiger partial charge is 0.249 e. The maximum absolute atomic E-state index is 13.2. The molecule has 0 heterocycles. The summed E-state index contributed by atoms with van der Waals surface area (Å²) < 4.78 is 36.6. The Balaban J connectivity index is 1.95. The highest BCUT2D eigenvalue weighted by Gasteiger charge is 2.31. The van der Waals surface area contributed by atoms with E-state index in [0.717, 1.165) is 25.0 Å². The largest absolute Gasteiger partial charge is 0.493 e. The van der Waals surface area contributed by atoms with E-state index in [-0.39, 0.29) is 30.7 Å². The fourth-order valence-corrected chi connectivity index (χ4v) is 2.29. The van der Waals surface area contributed by atoms with Crippen molar-refractivity contribution in [3.05, 3.63) is 40.3 Å². The van der Waals surface area contributed by atoms with Crippen LogP contribution in [0.3, 0.4) is 0 Å². The lowest BCUT2D eigenvalue weighted by Crippen LogP contribution is -2.42. The SMILES string of the molecule is CO[C@H](C[C@H](O)[C@H](COc1cc(F)cc(F)c1)N=[N+]=[N-])C(=O)NC1CC1. The Morgan fingerprint density at radius 1 is 1.42 bits per heavy atom. The second-order valence-electron chi connectivity index (χ2n) is 6.00. The highest BCUT2D eigenvalue weighted by atomic mass is 19.1. The number of carbonyl (C=O) groups is 1. The van der Waals surface area contributed by atoms with Crippen molar-refractivity contribution in [2.75, 3.05) is 13.7 Å². The van der Waals surface area contributed by atoms with Gasteiger partial charge in [-0.05, 0) is 18.4 Å². The molecule has 2 rings (SSSR count). The van der Waals surface area contributed by atoms with Crippen LogP contribution in [0.25, 0.3) is 10.4 Å². The van der Waals surface area contributed by atoms with Gasteiger partial charge in [0.15, 0.2) is 0 Å². The molecular formula is C16H20F2N4O4. The fourth-order valence-electron chi connectivity index (χ4n) is 2.29. The number of nitrogens with one attached hydrogen (secondary N) is 1. The molecule has 0 radical (unpaired) electrons. The first kappa shape index (κ1) is 19.9. The van der Waals surface area contributed by atoms with Gasteiger partial charge in [-0.25, -0.2) is 8.78 Å². The summed E-state index contributed by atoms with van der Waals surface area (Å²) in [6.07, 6.45) is -0.485. The number of hydrogen-bond donors (Lipinski definition) is 2. The van der Waals surface area contributed by atoms with Crippen LogP contribution in [-0.4, -0.2) is 49.0 Å². The summed E-state index contributed by atoms with van der Waals surface area (Å²) in [7, 11) is 1.33. The first-order valence-electron chi connectivity index (χ1n) is 8.07. The third-order valence-electron chi connectivity index (χ3n) is 3.86. The Hall–Kier alpha value is -2.42. The summed E-state index contributed by atoms with van der Waals surface area (Å²) in [6.45, 7) is -0.325. The molecule has 2 N–H and O–H groups in total. The number of rotatable bonds is 10. The molecule has 0 aliphatic heterocycles. The van der Waals surface area contributed by atoms with Gasteiger partial charge in [-0.15, -0.1) is 0 Å². The summed E-state index contributed by atoms with van der Waals surface area (Å²) in [6, 6.07) is 1.68. The van der Waals surface area contributed by atoms with Gasteiger partial charge in [0.2, 0.25) is 5.91 Å². The Bertz CT molecular complexity index is 660. The van der Waals surface area contributed by atoms with Crippen LogP contribution in [0.2, 0.25) is 0 Å². The highest BCUT2D eigenvalue weighted by molar-refractivity contribution is 5.81. The molecule has 0 bridgehead atoms. The molecule has 0 unspecified atom stereocenters. The van der Waals surface area contributed by atoms with Crippen molar-refractivity contribution >= 4 is 5.91 Å². The molecule has 1 aromatic rings. The van der Waals surface area contributed by atoms with Gasteiger partial charge in [-0.2, -0.15) is 0 Å². The Morgan fingerprint density at radius 3 is 2.62 bits per heavy atom. The second kappa shape index (κ2) is 9.33. The van der Waals surface area contributed by atoms with Crippen molar-refractivity contribution in [1.82, 2.24) is 5.32 Å². The van der Waals surface area contributed by atoms with Gasteiger partial charge in [0.1, 0.15) is 23.5 Å². The molecule has 1 aliphatic carbocycles. The number of carbonyl (C=O) groups excluding carboxylic acids is 1. The topological polar surface area (TPSA) is 117 Å². The van der Waals surface area contributed by atoms with Crippen LogP contribution in [0.4, 0.5) is 8.78 Å². The molecule has 10 heteroatoms. The minimum Gasteiger partial charge on any atom is -0.493 e. The van der Waals surface area contributed by atoms with Crippen molar-refractivity contribution in [2.24, 2.45) is 5.11 Å². The molecule has 0 aromatic heterocycles. The minimum absolute atomic E-state index is 0.109. The van der Waals surface area contributed by atoms with E-state index in [1.54, 1.807) is 0 Å². The van der Waals surface area contributed by atoms with Gasteiger partial charge in [0, 0.05) is 42.7 Å². The third kappa shape index (κ3) is 6.14. The lowest BCUT2D eigenvalue weighted by Gasteiger charge is -2.23. The number of hydrogen-bond acceptors (Lipinski definition) is 5. The van der Waals surface area contributed by atoms with E-state index in [4.69, 9.17) is 15.0 Å². The van der Waals surface area contributed by atoms with Gasteiger partial charge in [0.25, 0.3) is 0 Å². The maximum atomic E-state index is 13.2. The molecule has 1 fully saturated rings. The third-order valence-corrected chi connectivity index (χ3v) is 3.86. The number of ether oxygens (including phenoxy) is 2. The fraction of sp³-hybridized carbons (Fsp3) is 0.562. The van der Waals surface area contributed by atoms with E-state index in [1.165, 1.54) is 7.11 Å². The summed E-state index contributed by atoms with van der Waals surface area (Å²) in [5.41, 5.74) is 8.66.